The summed E-state index contributed by atoms with van der Waals surface area (Å²) in [6.45, 7) is 7.30. The van der Waals surface area contributed by atoms with Crippen LogP contribution >= 0.6 is 23.5 Å². The van der Waals surface area contributed by atoms with Crippen LogP contribution in [-0.2, 0) is 16.8 Å². The Labute approximate surface area is 117 Å². The monoisotopic (exact) mass is 288 g/mol. The molecule has 1 aromatic rings. The number of imidazole rings is 1. The van der Waals surface area contributed by atoms with Crippen LogP contribution < -0.4 is 0 Å². The van der Waals surface area contributed by atoms with Gasteiger partial charge in [-0.15, -0.1) is 0 Å². The van der Waals surface area contributed by atoms with E-state index in [4.69, 9.17) is 5.11 Å². The number of hydrogen-bond acceptors (Lipinski definition) is 4. The first kappa shape index (κ1) is 15.4. The number of carbonyl (C=O) groups is 1. The normalized spacial score (nSPS) is 11.8. The van der Waals surface area contributed by atoms with E-state index < -0.39 is 5.97 Å². The highest BCUT2D eigenvalue weighted by atomic mass is 32.2. The molecule has 0 aliphatic carbocycles. The number of thioether (sulfide) groups is 2. The van der Waals surface area contributed by atoms with E-state index in [1.54, 1.807) is 11.8 Å². The fourth-order valence-electron chi connectivity index (χ4n) is 1.60. The number of rotatable bonds is 6. The molecular formula is C12H20N2O2S2. The standard InChI is InChI=1S/C12H20N2O2S2/c1-12(2,3)9-7-13-11(18-8-10(15)16)14(9)5-6-17-4/h7H,5-6,8H2,1-4H3,(H,15,16). The van der Waals surface area contributed by atoms with Crippen molar-refractivity contribution in [3.05, 3.63) is 11.9 Å². The first-order valence-electron chi connectivity index (χ1n) is 5.75. The van der Waals surface area contributed by atoms with Gasteiger partial charge in [0.15, 0.2) is 5.16 Å². The van der Waals surface area contributed by atoms with E-state index in [9.17, 15) is 4.79 Å². The largest absolute Gasteiger partial charge is 0.481 e. The van der Waals surface area contributed by atoms with Gasteiger partial charge in [0.2, 0.25) is 0 Å². The van der Waals surface area contributed by atoms with Crippen molar-refractivity contribution in [2.45, 2.75) is 37.9 Å². The molecule has 18 heavy (non-hydrogen) atoms. The second-order valence-corrected chi connectivity index (χ2v) is 6.93. The van der Waals surface area contributed by atoms with Gasteiger partial charge in [0.25, 0.3) is 0 Å². The highest BCUT2D eigenvalue weighted by Crippen LogP contribution is 2.27. The highest BCUT2D eigenvalue weighted by molar-refractivity contribution is 7.99. The van der Waals surface area contributed by atoms with Gasteiger partial charge in [0.1, 0.15) is 0 Å². The molecule has 0 radical (unpaired) electrons. The number of carboxylic acids is 1. The first-order chi connectivity index (χ1) is 8.36. The van der Waals surface area contributed by atoms with Gasteiger partial charge < -0.3 is 9.67 Å². The Balaban J connectivity index is 2.95. The van der Waals surface area contributed by atoms with E-state index in [1.165, 1.54) is 11.8 Å². The van der Waals surface area contributed by atoms with Gasteiger partial charge in [-0.2, -0.15) is 11.8 Å². The molecule has 1 rings (SSSR count). The Morgan fingerprint density at radius 3 is 2.67 bits per heavy atom. The van der Waals surface area contributed by atoms with E-state index in [0.29, 0.717) is 0 Å². The Morgan fingerprint density at radius 2 is 2.17 bits per heavy atom. The van der Waals surface area contributed by atoms with Crippen LogP contribution in [-0.4, -0.2) is 38.4 Å². The fourth-order valence-corrected chi connectivity index (χ4v) is 2.69. The fraction of sp³-hybridized carbons (Fsp3) is 0.667. The maximum absolute atomic E-state index is 10.6. The first-order valence-corrected chi connectivity index (χ1v) is 8.13. The average molecular weight is 288 g/mol. The molecular weight excluding hydrogens is 268 g/mol. The Morgan fingerprint density at radius 1 is 1.50 bits per heavy atom. The van der Waals surface area contributed by atoms with E-state index in [1.807, 2.05) is 6.20 Å². The molecule has 4 nitrogen and oxygen atoms in total. The van der Waals surface area contributed by atoms with Crippen LogP contribution in [0.5, 0.6) is 0 Å². The molecule has 0 aromatic carbocycles. The van der Waals surface area contributed by atoms with Crippen LogP contribution in [0.1, 0.15) is 26.5 Å². The zero-order valence-electron chi connectivity index (χ0n) is 11.3. The summed E-state index contributed by atoms with van der Waals surface area (Å²) in [4.78, 5) is 15.0. The minimum atomic E-state index is -0.809. The lowest BCUT2D eigenvalue weighted by Gasteiger charge is -2.21. The van der Waals surface area contributed by atoms with Crippen molar-refractivity contribution in [3.8, 4) is 0 Å². The Bertz CT molecular complexity index is 411. The molecule has 1 N–H and O–H groups in total. The van der Waals surface area contributed by atoms with Crippen LogP contribution in [0, 0.1) is 0 Å². The summed E-state index contributed by atoms with van der Waals surface area (Å²) < 4.78 is 2.14. The molecule has 102 valence electrons. The maximum Gasteiger partial charge on any atom is 0.313 e. The second kappa shape index (κ2) is 6.52. The molecule has 0 aliphatic heterocycles. The topological polar surface area (TPSA) is 55.1 Å². The van der Waals surface area contributed by atoms with Crippen molar-refractivity contribution in [2.24, 2.45) is 0 Å². The van der Waals surface area contributed by atoms with Crippen LogP contribution in [0.4, 0.5) is 0 Å². The zero-order chi connectivity index (χ0) is 13.8. The molecule has 0 atom stereocenters. The van der Waals surface area contributed by atoms with Gasteiger partial charge in [0, 0.05) is 29.6 Å². The van der Waals surface area contributed by atoms with Crippen molar-refractivity contribution in [1.29, 1.82) is 0 Å². The van der Waals surface area contributed by atoms with Crippen molar-refractivity contribution in [1.82, 2.24) is 9.55 Å². The molecule has 0 fully saturated rings. The SMILES string of the molecule is CSCCn1c(C(C)(C)C)cnc1SCC(=O)O. The van der Waals surface area contributed by atoms with Gasteiger partial charge in [-0.1, -0.05) is 32.5 Å². The van der Waals surface area contributed by atoms with Crippen LogP contribution in [0.3, 0.4) is 0 Å². The average Bonchev–Trinajstić information content (AvgIpc) is 2.66. The third-order valence-electron chi connectivity index (χ3n) is 2.43. The predicted molar refractivity (Wildman–Crippen MR) is 77.7 cm³/mol. The lowest BCUT2D eigenvalue weighted by atomic mass is 9.93. The molecule has 0 amide bonds. The highest BCUT2D eigenvalue weighted by Gasteiger charge is 2.21. The van der Waals surface area contributed by atoms with Crippen LogP contribution in [0.15, 0.2) is 11.4 Å². The van der Waals surface area contributed by atoms with E-state index in [0.717, 1.165) is 23.1 Å². The van der Waals surface area contributed by atoms with Crippen molar-refractivity contribution >= 4 is 29.5 Å². The van der Waals surface area contributed by atoms with Gasteiger partial charge in [-0.05, 0) is 6.26 Å². The third kappa shape index (κ3) is 4.24. The third-order valence-corrected chi connectivity index (χ3v) is 4.00. The Kier molecular flexibility index (Phi) is 5.59. The zero-order valence-corrected chi connectivity index (χ0v) is 12.9. The summed E-state index contributed by atoms with van der Waals surface area (Å²) in [7, 11) is 0. The predicted octanol–water partition coefficient (Wildman–Crippen LogP) is 2.72. The van der Waals surface area contributed by atoms with Crippen molar-refractivity contribution < 1.29 is 9.90 Å². The molecule has 1 aromatic heterocycles. The molecule has 0 saturated heterocycles. The second-order valence-electron chi connectivity index (χ2n) is 5.00. The number of nitrogens with zero attached hydrogens (tertiary/aromatic N) is 2. The van der Waals surface area contributed by atoms with Gasteiger partial charge in [-0.25, -0.2) is 4.98 Å². The summed E-state index contributed by atoms with van der Waals surface area (Å²) in [5.74, 6) is 0.247. The molecule has 0 aliphatic rings. The number of hydrogen-bond donors (Lipinski definition) is 1. The number of carboxylic acid groups (broad SMARTS) is 1. The number of aliphatic carboxylic acids is 1. The summed E-state index contributed by atoms with van der Waals surface area (Å²) in [6, 6.07) is 0. The lowest BCUT2D eigenvalue weighted by molar-refractivity contribution is -0.133. The van der Waals surface area contributed by atoms with Crippen LogP contribution in [0.2, 0.25) is 0 Å². The summed E-state index contributed by atoms with van der Waals surface area (Å²) in [5.41, 5.74) is 1.18. The number of aromatic nitrogens is 2. The maximum atomic E-state index is 10.6. The minimum Gasteiger partial charge on any atom is -0.481 e. The minimum absolute atomic E-state index is 0.0213. The van der Waals surface area contributed by atoms with Crippen molar-refractivity contribution in [2.75, 3.05) is 17.8 Å². The summed E-state index contributed by atoms with van der Waals surface area (Å²) in [5, 5.41) is 9.55. The molecule has 6 heteroatoms. The molecule has 0 saturated carbocycles. The van der Waals surface area contributed by atoms with E-state index in [2.05, 4.69) is 36.6 Å². The molecule has 0 unspecified atom stereocenters. The van der Waals surface area contributed by atoms with E-state index >= 15 is 0 Å². The van der Waals surface area contributed by atoms with Gasteiger partial charge >= 0.3 is 5.97 Å². The van der Waals surface area contributed by atoms with Crippen LogP contribution in [0.25, 0.3) is 0 Å². The van der Waals surface area contributed by atoms with Gasteiger partial charge in [-0.3, -0.25) is 4.79 Å². The van der Waals surface area contributed by atoms with E-state index in [-0.39, 0.29) is 11.2 Å². The quantitative estimate of drug-likeness (QED) is 0.816. The smallest absolute Gasteiger partial charge is 0.313 e. The summed E-state index contributed by atoms with van der Waals surface area (Å²) >= 11 is 3.06. The van der Waals surface area contributed by atoms with Crippen molar-refractivity contribution in [3.63, 3.8) is 0 Å². The molecule has 0 spiro atoms. The summed E-state index contributed by atoms with van der Waals surface area (Å²) in [6.07, 6.45) is 3.93. The Hall–Kier alpha value is -0.620. The molecule has 1 heterocycles. The molecule has 0 bridgehead atoms. The lowest BCUT2D eigenvalue weighted by Crippen LogP contribution is -2.19. The van der Waals surface area contributed by atoms with Gasteiger partial charge in [0.05, 0.1) is 5.75 Å².